The molecule has 0 saturated carbocycles. The standard InChI is InChI=1S/C5H13NS.CH3NO/c1-5(6-2)4-7-3;2-1-3/h5-6H,4H2,1-3H3;1H,(H2,2,3). The first-order chi connectivity index (χ1) is 4.72. The molecule has 0 heterocycles. The molecular weight excluding hydrogens is 148 g/mol. The Hall–Kier alpha value is -0.220. The van der Waals surface area contributed by atoms with Crippen molar-refractivity contribution in [3.63, 3.8) is 0 Å². The summed E-state index contributed by atoms with van der Waals surface area (Å²) in [6.07, 6.45) is 2.37. The number of rotatable bonds is 3. The highest BCUT2D eigenvalue weighted by molar-refractivity contribution is 7.98. The van der Waals surface area contributed by atoms with E-state index in [0.29, 0.717) is 6.04 Å². The number of carbonyl (C=O) groups is 1. The van der Waals surface area contributed by atoms with Gasteiger partial charge < -0.3 is 11.1 Å². The molecular formula is C6H16N2OS. The van der Waals surface area contributed by atoms with Gasteiger partial charge in [-0.25, -0.2) is 0 Å². The minimum atomic E-state index is 0.250. The molecule has 3 nitrogen and oxygen atoms in total. The number of nitrogens with one attached hydrogen (secondary N) is 1. The molecule has 0 radical (unpaired) electrons. The van der Waals surface area contributed by atoms with E-state index in [-0.39, 0.29) is 6.41 Å². The average Bonchev–Trinajstić information content (AvgIpc) is 1.90. The predicted molar refractivity (Wildman–Crippen MR) is 47.2 cm³/mol. The molecule has 1 unspecified atom stereocenters. The molecule has 0 aliphatic rings. The Morgan fingerprint density at radius 1 is 1.80 bits per heavy atom. The Kier molecular flexibility index (Phi) is 14.4. The summed E-state index contributed by atoms with van der Waals surface area (Å²) in [6.45, 7) is 2.18. The molecule has 0 spiro atoms. The number of primary amides is 1. The Morgan fingerprint density at radius 3 is 2.30 bits per heavy atom. The van der Waals surface area contributed by atoms with Crippen molar-refractivity contribution in [2.75, 3.05) is 19.1 Å². The van der Waals surface area contributed by atoms with E-state index in [1.54, 1.807) is 0 Å². The third kappa shape index (κ3) is 15.7. The summed E-state index contributed by atoms with van der Waals surface area (Å²) in [5.74, 6) is 1.20. The predicted octanol–water partition coefficient (Wildman–Crippen LogP) is 0.0588. The molecule has 0 fully saturated rings. The molecule has 0 saturated heterocycles. The number of amides is 1. The number of hydrogen-bond donors (Lipinski definition) is 2. The smallest absolute Gasteiger partial charge is 0.204 e. The lowest BCUT2D eigenvalue weighted by Crippen LogP contribution is -2.23. The number of thioether (sulfide) groups is 1. The zero-order valence-corrected chi connectivity index (χ0v) is 7.57. The molecule has 10 heavy (non-hydrogen) atoms. The van der Waals surface area contributed by atoms with Gasteiger partial charge >= 0.3 is 0 Å². The van der Waals surface area contributed by atoms with Crippen molar-refractivity contribution in [3.8, 4) is 0 Å². The van der Waals surface area contributed by atoms with Crippen LogP contribution in [0.15, 0.2) is 0 Å². The zero-order valence-electron chi connectivity index (χ0n) is 6.76. The Morgan fingerprint density at radius 2 is 2.20 bits per heavy atom. The zero-order chi connectivity index (χ0) is 8.41. The van der Waals surface area contributed by atoms with Gasteiger partial charge in [0.1, 0.15) is 0 Å². The fraction of sp³-hybridized carbons (Fsp3) is 0.833. The van der Waals surface area contributed by atoms with E-state index in [9.17, 15) is 0 Å². The van der Waals surface area contributed by atoms with Gasteiger partial charge in [-0.15, -0.1) is 0 Å². The van der Waals surface area contributed by atoms with Crippen LogP contribution in [0.2, 0.25) is 0 Å². The molecule has 4 heteroatoms. The summed E-state index contributed by atoms with van der Waals surface area (Å²) in [5.41, 5.74) is 4.17. The molecule has 62 valence electrons. The molecule has 0 aliphatic carbocycles. The maximum atomic E-state index is 8.58. The van der Waals surface area contributed by atoms with Gasteiger partial charge in [0, 0.05) is 11.8 Å². The van der Waals surface area contributed by atoms with Crippen molar-refractivity contribution in [3.05, 3.63) is 0 Å². The Labute approximate surface area is 66.7 Å². The summed E-state index contributed by atoms with van der Waals surface area (Å²) in [6, 6.07) is 0.662. The van der Waals surface area contributed by atoms with E-state index in [4.69, 9.17) is 4.79 Å². The van der Waals surface area contributed by atoms with Crippen LogP contribution in [0.4, 0.5) is 0 Å². The number of hydrogen-bond acceptors (Lipinski definition) is 3. The van der Waals surface area contributed by atoms with Gasteiger partial charge in [-0.3, -0.25) is 4.79 Å². The summed E-state index contributed by atoms with van der Waals surface area (Å²) in [4.78, 5) is 8.58. The van der Waals surface area contributed by atoms with Crippen LogP contribution in [-0.4, -0.2) is 31.5 Å². The van der Waals surface area contributed by atoms with Crippen molar-refractivity contribution in [1.29, 1.82) is 0 Å². The van der Waals surface area contributed by atoms with E-state index in [2.05, 4.69) is 24.2 Å². The van der Waals surface area contributed by atoms with Crippen molar-refractivity contribution >= 4 is 18.2 Å². The first-order valence-corrected chi connectivity index (χ1v) is 4.43. The van der Waals surface area contributed by atoms with Gasteiger partial charge in [0.25, 0.3) is 0 Å². The van der Waals surface area contributed by atoms with Gasteiger partial charge in [-0.1, -0.05) is 0 Å². The first-order valence-electron chi connectivity index (χ1n) is 3.04. The van der Waals surface area contributed by atoms with Crippen LogP contribution in [0.3, 0.4) is 0 Å². The monoisotopic (exact) mass is 164 g/mol. The quantitative estimate of drug-likeness (QED) is 0.580. The van der Waals surface area contributed by atoms with Crippen molar-refractivity contribution in [2.24, 2.45) is 5.73 Å². The first kappa shape index (κ1) is 12.5. The van der Waals surface area contributed by atoms with E-state index < -0.39 is 0 Å². The Balaban J connectivity index is 0. The van der Waals surface area contributed by atoms with Gasteiger partial charge in [0.15, 0.2) is 0 Å². The lowest BCUT2D eigenvalue weighted by Gasteiger charge is -2.05. The fourth-order valence-corrected chi connectivity index (χ4v) is 1.000. The molecule has 1 atom stereocenters. The normalized spacial score (nSPS) is 11.1. The van der Waals surface area contributed by atoms with Crippen LogP contribution in [0, 0.1) is 0 Å². The summed E-state index contributed by atoms with van der Waals surface area (Å²) >= 11 is 1.87. The molecule has 0 aromatic heterocycles. The maximum absolute atomic E-state index is 8.58. The van der Waals surface area contributed by atoms with Crippen molar-refractivity contribution in [2.45, 2.75) is 13.0 Å². The third-order valence-corrected chi connectivity index (χ3v) is 1.74. The highest BCUT2D eigenvalue weighted by atomic mass is 32.2. The van der Waals surface area contributed by atoms with Gasteiger partial charge in [0.05, 0.1) is 0 Å². The summed E-state index contributed by atoms with van der Waals surface area (Å²) in [7, 11) is 1.99. The van der Waals surface area contributed by atoms with Crippen LogP contribution in [0.5, 0.6) is 0 Å². The van der Waals surface area contributed by atoms with Crippen LogP contribution in [-0.2, 0) is 4.79 Å². The van der Waals surface area contributed by atoms with E-state index >= 15 is 0 Å². The number of carbonyl (C=O) groups excluding carboxylic acids is 1. The highest BCUT2D eigenvalue weighted by Crippen LogP contribution is 1.93. The molecule has 0 rings (SSSR count). The largest absolute Gasteiger partial charge is 0.372 e. The number of nitrogens with two attached hydrogens (primary N) is 1. The van der Waals surface area contributed by atoms with Gasteiger partial charge in [-0.2, -0.15) is 11.8 Å². The Bertz CT molecular complexity index is 70.8. The van der Waals surface area contributed by atoms with E-state index in [1.807, 2.05) is 18.8 Å². The summed E-state index contributed by atoms with van der Waals surface area (Å²) in [5, 5.41) is 3.14. The third-order valence-electron chi connectivity index (χ3n) is 0.909. The molecule has 3 N–H and O–H groups in total. The lowest BCUT2D eigenvalue weighted by atomic mass is 10.4. The second kappa shape index (κ2) is 11.6. The average molecular weight is 164 g/mol. The van der Waals surface area contributed by atoms with E-state index in [1.165, 1.54) is 5.75 Å². The van der Waals surface area contributed by atoms with Crippen LogP contribution < -0.4 is 11.1 Å². The van der Waals surface area contributed by atoms with E-state index in [0.717, 1.165) is 0 Å². The van der Waals surface area contributed by atoms with Crippen molar-refractivity contribution in [1.82, 2.24) is 5.32 Å². The maximum Gasteiger partial charge on any atom is 0.204 e. The minimum Gasteiger partial charge on any atom is -0.372 e. The molecule has 0 bridgehead atoms. The van der Waals surface area contributed by atoms with Crippen LogP contribution in [0.1, 0.15) is 6.92 Å². The topological polar surface area (TPSA) is 55.1 Å². The van der Waals surface area contributed by atoms with Crippen molar-refractivity contribution < 1.29 is 4.79 Å². The van der Waals surface area contributed by atoms with Crippen LogP contribution in [0.25, 0.3) is 0 Å². The minimum absolute atomic E-state index is 0.250. The molecule has 0 aromatic rings. The fourth-order valence-electron chi connectivity index (χ4n) is 0.333. The molecule has 0 aliphatic heterocycles. The molecule has 1 amide bonds. The SMILES string of the molecule is CNC(C)CSC.NC=O. The second-order valence-electron chi connectivity index (χ2n) is 1.78. The van der Waals surface area contributed by atoms with Gasteiger partial charge in [-0.05, 0) is 20.2 Å². The summed E-state index contributed by atoms with van der Waals surface area (Å²) < 4.78 is 0. The lowest BCUT2D eigenvalue weighted by molar-refractivity contribution is -0.106. The van der Waals surface area contributed by atoms with Crippen LogP contribution >= 0.6 is 11.8 Å². The highest BCUT2D eigenvalue weighted by Gasteiger charge is 1.91. The van der Waals surface area contributed by atoms with Gasteiger partial charge in [0.2, 0.25) is 6.41 Å². The second-order valence-corrected chi connectivity index (χ2v) is 2.69. The molecule has 0 aromatic carbocycles.